The standard InChI is InChI=1S/C32H40N6O7S/c1-21(2)30-32(41)34-12-4-14-37-16-13-33-31(37)23-6-10-26(44-3)27(19-23)45-17-5-15-38(20-29(40)36-30)46(42,43)24-8-9-25-22(18-24)7-11-28(39)35-25/h6,8-10,13,16,18-19,21,30H,4-5,7,11-12,14-15,17,20H2,1-3H3,(H,34,41)(H,35,39)(H,36,40)/t30-/m1/s1. The van der Waals surface area contributed by atoms with E-state index in [4.69, 9.17) is 9.47 Å². The molecule has 2 aliphatic heterocycles. The lowest BCUT2D eigenvalue weighted by Gasteiger charge is -2.26. The first-order valence-electron chi connectivity index (χ1n) is 15.4. The summed E-state index contributed by atoms with van der Waals surface area (Å²) in [6.07, 6.45) is 5.11. The first kappa shape index (κ1) is 32.9. The normalized spacial score (nSPS) is 18.9. The molecule has 46 heavy (non-hydrogen) atoms. The van der Waals surface area contributed by atoms with E-state index in [0.717, 1.165) is 15.7 Å². The molecule has 3 amide bonds. The Labute approximate surface area is 268 Å². The third-order valence-corrected chi connectivity index (χ3v) is 9.86. The van der Waals surface area contributed by atoms with E-state index < -0.39 is 28.5 Å². The van der Waals surface area contributed by atoms with E-state index in [2.05, 4.69) is 20.9 Å². The molecule has 0 fully saturated rings. The number of carbonyl (C=O) groups excluding carboxylic acids is 3. The van der Waals surface area contributed by atoms with Crippen molar-refractivity contribution < 1.29 is 32.3 Å². The number of sulfonamides is 1. The number of imidazole rings is 1. The number of ether oxygens (including phenoxy) is 2. The Bertz CT molecular complexity index is 1700. The highest BCUT2D eigenvalue weighted by Gasteiger charge is 2.31. The predicted molar refractivity (Wildman–Crippen MR) is 171 cm³/mol. The van der Waals surface area contributed by atoms with Gasteiger partial charge >= 0.3 is 0 Å². The van der Waals surface area contributed by atoms with Crippen LogP contribution in [-0.2, 0) is 37.4 Å². The van der Waals surface area contributed by atoms with E-state index in [1.54, 1.807) is 25.4 Å². The fourth-order valence-electron chi connectivity index (χ4n) is 5.54. The second-order valence-corrected chi connectivity index (χ2v) is 13.6. The molecule has 1 aromatic heterocycles. The molecular weight excluding hydrogens is 612 g/mol. The van der Waals surface area contributed by atoms with Crippen LogP contribution in [0.4, 0.5) is 5.69 Å². The highest BCUT2D eigenvalue weighted by Crippen LogP contribution is 2.32. The zero-order chi connectivity index (χ0) is 32.8. The number of aromatic nitrogens is 2. The summed E-state index contributed by atoms with van der Waals surface area (Å²) in [5, 5.41) is 8.42. The summed E-state index contributed by atoms with van der Waals surface area (Å²) < 4.78 is 42.6. The van der Waals surface area contributed by atoms with Crippen molar-refractivity contribution in [3.05, 3.63) is 54.4 Å². The van der Waals surface area contributed by atoms with Crippen LogP contribution in [0.25, 0.3) is 11.4 Å². The van der Waals surface area contributed by atoms with Crippen molar-refractivity contribution in [2.45, 2.75) is 57.0 Å². The van der Waals surface area contributed by atoms with E-state index in [9.17, 15) is 22.8 Å². The topological polar surface area (TPSA) is 161 Å². The van der Waals surface area contributed by atoms with E-state index >= 15 is 0 Å². The van der Waals surface area contributed by atoms with Gasteiger partial charge in [0.05, 0.1) is 25.2 Å². The molecular formula is C32H40N6O7S. The lowest BCUT2D eigenvalue weighted by molar-refractivity contribution is -0.130. The highest BCUT2D eigenvalue weighted by molar-refractivity contribution is 7.89. The van der Waals surface area contributed by atoms with Gasteiger partial charge < -0.3 is 30.0 Å². The molecule has 2 aromatic carbocycles. The Morgan fingerprint density at radius 1 is 1.02 bits per heavy atom. The number of carbonyl (C=O) groups is 3. The summed E-state index contributed by atoms with van der Waals surface area (Å²) in [6, 6.07) is 9.18. The Morgan fingerprint density at radius 3 is 2.63 bits per heavy atom. The summed E-state index contributed by atoms with van der Waals surface area (Å²) in [5.41, 5.74) is 2.08. The number of hydrogen-bond donors (Lipinski definition) is 3. The van der Waals surface area contributed by atoms with Crippen LogP contribution in [-0.4, -0.2) is 79.4 Å². The molecule has 2 aliphatic rings. The predicted octanol–water partition coefficient (Wildman–Crippen LogP) is 2.56. The largest absolute Gasteiger partial charge is 0.493 e. The number of nitrogens with one attached hydrogen (secondary N) is 3. The van der Waals surface area contributed by atoms with Gasteiger partial charge in [-0.05, 0) is 67.1 Å². The zero-order valence-electron chi connectivity index (χ0n) is 26.2. The van der Waals surface area contributed by atoms with Crippen LogP contribution in [0.15, 0.2) is 53.7 Å². The molecule has 3 N–H and O–H groups in total. The molecule has 2 bridgehead atoms. The fourth-order valence-corrected chi connectivity index (χ4v) is 7.03. The summed E-state index contributed by atoms with van der Waals surface area (Å²) in [6.45, 7) is 4.20. The maximum Gasteiger partial charge on any atom is 0.243 e. The molecule has 0 radical (unpaired) electrons. The molecule has 0 saturated heterocycles. The smallest absolute Gasteiger partial charge is 0.243 e. The fraction of sp³-hybridized carbons (Fsp3) is 0.438. The number of nitrogens with zero attached hydrogens (tertiary/aromatic N) is 3. The molecule has 0 aliphatic carbocycles. The van der Waals surface area contributed by atoms with Gasteiger partial charge in [0, 0.05) is 49.7 Å². The lowest BCUT2D eigenvalue weighted by atomic mass is 10.0. The third kappa shape index (κ3) is 7.50. The number of methoxy groups -OCH3 is 1. The minimum absolute atomic E-state index is 0.0116. The first-order valence-corrected chi connectivity index (χ1v) is 16.8. The van der Waals surface area contributed by atoms with Gasteiger partial charge in [-0.15, -0.1) is 0 Å². The van der Waals surface area contributed by atoms with Crippen LogP contribution in [0.3, 0.4) is 0 Å². The number of aryl methyl sites for hydroxylation is 2. The summed E-state index contributed by atoms with van der Waals surface area (Å²) in [5.74, 6) is 0.410. The number of fused-ring (bicyclic) bond motifs is 5. The van der Waals surface area contributed by atoms with Gasteiger partial charge in [-0.3, -0.25) is 14.4 Å². The molecule has 0 unspecified atom stereocenters. The molecule has 13 nitrogen and oxygen atoms in total. The van der Waals surface area contributed by atoms with E-state index in [0.29, 0.717) is 48.7 Å². The van der Waals surface area contributed by atoms with Gasteiger partial charge in [0.1, 0.15) is 11.9 Å². The van der Waals surface area contributed by atoms with Crippen molar-refractivity contribution in [1.82, 2.24) is 24.5 Å². The Hall–Kier alpha value is -4.43. The maximum absolute atomic E-state index is 14.0. The van der Waals surface area contributed by atoms with Crippen molar-refractivity contribution in [1.29, 1.82) is 0 Å². The van der Waals surface area contributed by atoms with E-state index in [-0.39, 0.29) is 48.6 Å². The monoisotopic (exact) mass is 652 g/mol. The van der Waals surface area contributed by atoms with Gasteiger partial charge in [0.15, 0.2) is 11.5 Å². The van der Waals surface area contributed by atoms with Crippen molar-refractivity contribution in [2.24, 2.45) is 5.92 Å². The van der Waals surface area contributed by atoms with Crippen LogP contribution in [0, 0.1) is 5.92 Å². The molecule has 1 atom stereocenters. The average Bonchev–Trinajstić information content (AvgIpc) is 3.50. The van der Waals surface area contributed by atoms with Gasteiger partial charge in [-0.25, -0.2) is 13.4 Å². The Morgan fingerprint density at radius 2 is 1.85 bits per heavy atom. The minimum Gasteiger partial charge on any atom is -0.493 e. The van der Waals surface area contributed by atoms with Crippen LogP contribution >= 0.6 is 0 Å². The summed E-state index contributed by atoms with van der Waals surface area (Å²) >= 11 is 0. The molecule has 246 valence electrons. The van der Waals surface area contributed by atoms with Crippen LogP contribution in [0.5, 0.6) is 11.5 Å². The summed E-state index contributed by atoms with van der Waals surface area (Å²) in [7, 11) is -2.61. The molecule has 3 heterocycles. The summed E-state index contributed by atoms with van der Waals surface area (Å²) in [4.78, 5) is 42.8. The average molecular weight is 653 g/mol. The van der Waals surface area contributed by atoms with Gasteiger partial charge in [0.2, 0.25) is 27.7 Å². The molecule has 0 saturated carbocycles. The van der Waals surface area contributed by atoms with Gasteiger partial charge in [-0.2, -0.15) is 4.31 Å². The van der Waals surface area contributed by atoms with Crippen molar-refractivity contribution in [3.63, 3.8) is 0 Å². The Balaban J connectivity index is 1.44. The van der Waals surface area contributed by atoms with Crippen LogP contribution < -0.4 is 25.4 Å². The Kier molecular flexibility index (Phi) is 10.3. The van der Waals surface area contributed by atoms with E-state index in [1.165, 1.54) is 12.1 Å². The quantitative estimate of drug-likeness (QED) is 0.388. The lowest BCUT2D eigenvalue weighted by Crippen LogP contribution is -2.52. The van der Waals surface area contributed by atoms with Crippen molar-refractivity contribution >= 4 is 33.4 Å². The molecule has 5 rings (SSSR count). The second-order valence-electron chi connectivity index (χ2n) is 11.7. The number of anilines is 1. The molecule has 3 aromatic rings. The second kappa shape index (κ2) is 14.3. The SMILES string of the molecule is COc1ccc2cc1OCCCN(S(=O)(=O)c1ccc3c(c1)CCC(=O)N3)CC(=O)N[C@H](C(C)C)C(=O)NCCCn1ccnc1-2. The van der Waals surface area contributed by atoms with Gasteiger partial charge in [-0.1, -0.05) is 13.8 Å². The number of amides is 3. The molecule has 14 heteroatoms. The van der Waals surface area contributed by atoms with Crippen molar-refractivity contribution in [3.8, 4) is 22.9 Å². The first-order chi connectivity index (χ1) is 22.1. The maximum atomic E-state index is 14.0. The van der Waals surface area contributed by atoms with Crippen LogP contribution in [0.2, 0.25) is 0 Å². The van der Waals surface area contributed by atoms with Crippen LogP contribution in [0.1, 0.15) is 38.7 Å². The highest BCUT2D eigenvalue weighted by atomic mass is 32.2. The van der Waals surface area contributed by atoms with Gasteiger partial charge in [0.25, 0.3) is 0 Å². The van der Waals surface area contributed by atoms with Crippen molar-refractivity contribution in [2.75, 3.05) is 38.7 Å². The third-order valence-electron chi connectivity index (χ3n) is 8.02. The van der Waals surface area contributed by atoms with E-state index in [1.807, 2.05) is 36.7 Å². The minimum atomic E-state index is -4.15. The number of hydrogen-bond acceptors (Lipinski definition) is 8. The number of rotatable bonds is 4. The number of benzene rings is 2. The zero-order valence-corrected chi connectivity index (χ0v) is 27.1. The molecule has 0 spiro atoms.